The van der Waals surface area contributed by atoms with E-state index in [1.165, 1.54) is 0 Å². The Labute approximate surface area is 125 Å². The second-order valence-electron chi connectivity index (χ2n) is 4.64. The molecule has 1 aliphatic heterocycles. The lowest BCUT2D eigenvalue weighted by molar-refractivity contribution is -0.115. The van der Waals surface area contributed by atoms with Crippen molar-refractivity contribution in [2.24, 2.45) is 5.73 Å². The second kappa shape index (κ2) is 5.26. The van der Waals surface area contributed by atoms with E-state index in [1.54, 1.807) is 0 Å². The van der Waals surface area contributed by atoms with Crippen molar-refractivity contribution in [3.05, 3.63) is 52.5 Å². The summed E-state index contributed by atoms with van der Waals surface area (Å²) in [4.78, 5) is 13.9. The third kappa shape index (κ3) is 2.30. The quantitative estimate of drug-likeness (QED) is 0.889. The molecule has 0 bridgehead atoms. The molecule has 0 atom stereocenters. The van der Waals surface area contributed by atoms with E-state index in [2.05, 4.69) is 21.2 Å². The molecule has 0 saturated heterocycles. The highest BCUT2D eigenvalue weighted by Crippen LogP contribution is 2.38. The molecule has 102 valence electrons. The van der Waals surface area contributed by atoms with Gasteiger partial charge in [0.2, 0.25) is 5.91 Å². The zero-order valence-corrected chi connectivity index (χ0v) is 12.4. The maximum Gasteiger partial charge on any atom is 0.244 e. The number of nitrogens with one attached hydrogen (secondary N) is 1. The number of halogens is 1. The van der Waals surface area contributed by atoms with Crippen molar-refractivity contribution in [1.29, 1.82) is 0 Å². The predicted molar refractivity (Wildman–Crippen MR) is 84.1 cm³/mol. The fourth-order valence-electron chi connectivity index (χ4n) is 2.34. The molecule has 0 unspecified atom stereocenters. The van der Waals surface area contributed by atoms with E-state index in [0.29, 0.717) is 13.1 Å². The predicted octanol–water partition coefficient (Wildman–Crippen LogP) is 3.00. The number of amides is 1. The van der Waals surface area contributed by atoms with E-state index in [-0.39, 0.29) is 5.91 Å². The van der Waals surface area contributed by atoms with Crippen LogP contribution in [0.3, 0.4) is 0 Å². The number of para-hydroxylation sites is 2. The van der Waals surface area contributed by atoms with Gasteiger partial charge in [-0.2, -0.15) is 0 Å². The van der Waals surface area contributed by atoms with Crippen LogP contribution in [0.4, 0.5) is 17.1 Å². The molecule has 0 radical (unpaired) electrons. The molecular weight excluding hydrogens is 318 g/mol. The van der Waals surface area contributed by atoms with Crippen LogP contribution in [0.15, 0.2) is 46.9 Å². The van der Waals surface area contributed by atoms with Gasteiger partial charge in [-0.05, 0) is 45.8 Å². The normalized spacial score (nSPS) is 13.9. The molecule has 0 fully saturated rings. The number of hydrogen-bond donors (Lipinski definition) is 2. The van der Waals surface area contributed by atoms with Crippen molar-refractivity contribution in [3.63, 3.8) is 0 Å². The lowest BCUT2D eigenvalue weighted by Gasteiger charge is -2.31. The molecule has 0 saturated carbocycles. The molecular formula is C15H14BrN3O. The van der Waals surface area contributed by atoms with Gasteiger partial charge in [-0.3, -0.25) is 4.79 Å². The lowest BCUT2D eigenvalue weighted by atomic mass is 10.1. The van der Waals surface area contributed by atoms with Crippen molar-refractivity contribution in [2.45, 2.75) is 6.54 Å². The Morgan fingerprint density at radius 3 is 2.75 bits per heavy atom. The van der Waals surface area contributed by atoms with Crippen LogP contribution < -0.4 is 16.0 Å². The number of carbonyl (C=O) groups excluding carboxylic acids is 1. The summed E-state index contributed by atoms with van der Waals surface area (Å²) in [6, 6.07) is 13.7. The van der Waals surface area contributed by atoms with Crippen molar-refractivity contribution in [1.82, 2.24) is 0 Å². The van der Waals surface area contributed by atoms with E-state index < -0.39 is 0 Å². The maximum absolute atomic E-state index is 11.9. The molecule has 0 aliphatic carbocycles. The van der Waals surface area contributed by atoms with Crippen molar-refractivity contribution < 1.29 is 4.79 Å². The number of nitrogens with two attached hydrogens (primary N) is 1. The van der Waals surface area contributed by atoms with Crippen molar-refractivity contribution >= 4 is 38.9 Å². The molecule has 2 aromatic rings. The van der Waals surface area contributed by atoms with Gasteiger partial charge in [-0.15, -0.1) is 0 Å². The minimum absolute atomic E-state index is 0.0153. The number of hydrogen-bond acceptors (Lipinski definition) is 3. The molecule has 5 heteroatoms. The van der Waals surface area contributed by atoms with Gasteiger partial charge >= 0.3 is 0 Å². The number of anilines is 3. The fraction of sp³-hybridized carbons (Fsp3) is 0.133. The van der Waals surface area contributed by atoms with Gasteiger partial charge in [0.15, 0.2) is 0 Å². The Hall–Kier alpha value is -1.85. The smallest absolute Gasteiger partial charge is 0.244 e. The van der Waals surface area contributed by atoms with Crippen molar-refractivity contribution in [2.75, 3.05) is 16.8 Å². The Morgan fingerprint density at radius 1 is 1.20 bits per heavy atom. The molecule has 4 nitrogen and oxygen atoms in total. The van der Waals surface area contributed by atoms with E-state index in [4.69, 9.17) is 5.73 Å². The first kappa shape index (κ1) is 13.1. The highest BCUT2D eigenvalue weighted by atomic mass is 79.9. The SMILES string of the molecule is NCc1ccc(N2CC(=O)Nc3ccccc32)c(Br)c1. The molecule has 1 heterocycles. The van der Waals surface area contributed by atoms with E-state index in [0.717, 1.165) is 27.1 Å². The third-order valence-corrected chi connectivity index (χ3v) is 3.94. The van der Waals surface area contributed by atoms with Gasteiger partial charge in [-0.25, -0.2) is 0 Å². The van der Waals surface area contributed by atoms with Gasteiger partial charge in [0, 0.05) is 11.0 Å². The average molecular weight is 332 g/mol. The molecule has 1 amide bonds. The molecule has 20 heavy (non-hydrogen) atoms. The number of carbonyl (C=O) groups is 1. The van der Waals surface area contributed by atoms with Crippen LogP contribution in [0.2, 0.25) is 0 Å². The summed E-state index contributed by atoms with van der Waals surface area (Å²) in [5.74, 6) is -0.0153. The molecule has 0 aromatic heterocycles. The maximum atomic E-state index is 11.9. The van der Waals surface area contributed by atoms with Crippen LogP contribution >= 0.6 is 15.9 Å². The molecule has 3 N–H and O–H groups in total. The first-order valence-corrected chi connectivity index (χ1v) is 7.13. The topological polar surface area (TPSA) is 58.4 Å². The second-order valence-corrected chi connectivity index (χ2v) is 5.50. The lowest BCUT2D eigenvalue weighted by Crippen LogP contribution is -2.35. The van der Waals surface area contributed by atoms with Gasteiger partial charge in [0.1, 0.15) is 6.54 Å². The van der Waals surface area contributed by atoms with Crippen LogP contribution in [-0.2, 0) is 11.3 Å². The third-order valence-electron chi connectivity index (χ3n) is 3.31. The summed E-state index contributed by atoms with van der Waals surface area (Å²) in [6.45, 7) is 0.799. The summed E-state index contributed by atoms with van der Waals surface area (Å²) < 4.78 is 0.935. The number of fused-ring (bicyclic) bond motifs is 1. The van der Waals surface area contributed by atoms with E-state index in [1.807, 2.05) is 47.4 Å². The number of benzene rings is 2. The Bertz CT molecular complexity index is 672. The first-order chi connectivity index (χ1) is 9.69. The Balaban J connectivity index is 2.08. The highest BCUT2D eigenvalue weighted by molar-refractivity contribution is 9.10. The summed E-state index contributed by atoms with van der Waals surface area (Å²) in [6.07, 6.45) is 0. The van der Waals surface area contributed by atoms with Crippen LogP contribution in [0.5, 0.6) is 0 Å². The summed E-state index contributed by atoms with van der Waals surface area (Å²) >= 11 is 3.57. The average Bonchev–Trinajstić information content (AvgIpc) is 2.46. The highest BCUT2D eigenvalue weighted by Gasteiger charge is 2.24. The Kier molecular flexibility index (Phi) is 3.46. The van der Waals surface area contributed by atoms with Gasteiger partial charge in [-0.1, -0.05) is 18.2 Å². The van der Waals surface area contributed by atoms with Crippen LogP contribution in [0.25, 0.3) is 0 Å². The molecule has 3 rings (SSSR count). The van der Waals surface area contributed by atoms with Gasteiger partial charge in [0.05, 0.1) is 17.1 Å². The number of rotatable bonds is 2. The Morgan fingerprint density at radius 2 is 2.00 bits per heavy atom. The van der Waals surface area contributed by atoms with E-state index >= 15 is 0 Å². The largest absolute Gasteiger partial charge is 0.329 e. The van der Waals surface area contributed by atoms with Crippen LogP contribution in [-0.4, -0.2) is 12.5 Å². The minimum Gasteiger partial charge on any atom is -0.329 e. The van der Waals surface area contributed by atoms with Crippen LogP contribution in [0, 0.1) is 0 Å². The monoisotopic (exact) mass is 331 g/mol. The zero-order valence-electron chi connectivity index (χ0n) is 10.8. The standard InChI is InChI=1S/C15H14BrN3O/c16-11-7-10(8-17)5-6-13(11)19-9-15(20)18-12-3-1-2-4-14(12)19/h1-7H,8-9,17H2,(H,18,20). The zero-order chi connectivity index (χ0) is 14.1. The van der Waals surface area contributed by atoms with Crippen molar-refractivity contribution in [3.8, 4) is 0 Å². The summed E-state index contributed by atoms with van der Waals surface area (Å²) in [5, 5.41) is 2.89. The van der Waals surface area contributed by atoms with Gasteiger partial charge in [0.25, 0.3) is 0 Å². The summed E-state index contributed by atoms with van der Waals surface area (Å²) in [7, 11) is 0. The number of nitrogens with zero attached hydrogens (tertiary/aromatic N) is 1. The van der Waals surface area contributed by atoms with Gasteiger partial charge < -0.3 is 16.0 Å². The van der Waals surface area contributed by atoms with Crippen LogP contribution in [0.1, 0.15) is 5.56 Å². The van der Waals surface area contributed by atoms with E-state index in [9.17, 15) is 4.79 Å². The summed E-state index contributed by atoms with van der Waals surface area (Å²) in [5.41, 5.74) is 9.49. The fourth-order valence-corrected chi connectivity index (χ4v) is 2.98. The molecule has 1 aliphatic rings. The molecule has 0 spiro atoms. The first-order valence-electron chi connectivity index (χ1n) is 6.34. The minimum atomic E-state index is -0.0153. The molecule has 2 aromatic carbocycles.